The molecule has 0 bridgehead atoms. The largest absolute Gasteiger partial charge is 0.472 e. The molecule has 3 unspecified atom stereocenters. The van der Waals surface area contributed by atoms with Gasteiger partial charge in [-0.3, -0.25) is 23.4 Å². The van der Waals surface area contributed by atoms with Gasteiger partial charge in [-0.05, 0) is 44.9 Å². The molecular weight excluding hydrogens is 856 g/mol. The highest BCUT2D eigenvalue weighted by Crippen LogP contribution is 2.43. The SMILES string of the molecule is CCC/C=C\C/C=C\CCCCCCCC(=O)OC(CO)COP(=O)(O)OCC(COC(=O)CCCCCCCCCCC)OC(=O)CCCCCCCCCCCCCCCCCCC. The summed E-state index contributed by atoms with van der Waals surface area (Å²) in [4.78, 5) is 48.3. The van der Waals surface area contributed by atoms with E-state index in [1.165, 1.54) is 122 Å². The first-order valence-corrected chi connectivity index (χ1v) is 28.7. The summed E-state index contributed by atoms with van der Waals surface area (Å²) in [6.45, 7) is 4.57. The molecule has 0 aliphatic carbocycles. The van der Waals surface area contributed by atoms with Gasteiger partial charge in [0.2, 0.25) is 0 Å². The predicted octanol–water partition coefficient (Wildman–Crippen LogP) is 15.5. The maximum Gasteiger partial charge on any atom is 0.472 e. The van der Waals surface area contributed by atoms with E-state index in [-0.39, 0.29) is 25.9 Å². The van der Waals surface area contributed by atoms with Crippen molar-refractivity contribution in [3.63, 3.8) is 0 Å². The summed E-state index contributed by atoms with van der Waals surface area (Å²) in [6, 6.07) is 0. The van der Waals surface area contributed by atoms with Gasteiger partial charge in [0, 0.05) is 19.3 Å². The Morgan fingerprint density at radius 3 is 1.18 bits per heavy atom. The molecule has 0 aliphatic heterocycles. The normalized spacial score (nSPS) is 13.6. The Labute approximate surface area is 404 Å². The van der Waals surface area contributed by atoms with Gasteiger partial charge in [-0.2, -0.15) is 0 Å². The molecule has 0 fully saturated rings. The van der Waals surface area contributed by atoms with E-state index in [4.69, 9.17) is 23.3 Å². The molecule has 0 saturated carbocycles. The molecule has 0 saturated heterocycles. The number of aliphatic hydroxyl groups excluding tert-OH is 1. The zero-order valence-electron chi connectivity index (χ0n) is 42.7. The van der Waals surface area contributed by atoms with Crippen LogP contribution in [0.5, 0.6) is 0 Å². The molecule has 0 aliphatic rings. The lowest BCUT2D eigenvalue weighted by atomic mass is 10.0. The van der Waals surface area contributed by atoms with Crippen molar-refractivity contribution in [1.82, 2.24) is 0 Å². The van der Waals surface area contributed by atoms with Crippen LogP contribution in [0, 0.1) is 0 Å². The van der Waals surface area contributed by atoms with Crippen molar-refractivity contribution >= 4 is 25.7 Å². The van der Waals surface area contributed by atoms with Gasteiger partial charge in [0.25, 0.3) is 0 Å². The third-order valence-corrected chi connectivity index (χ3v) is 12.8. The van der Waals surface area contributed by atoms with E-state index in [2.05, 4.69) is 45.1 Å². The summed E-state index contributed by atoms with van der Waals surface area (Å²) < 4.78 is 39.4. The fourth-order valence-electron chi connectivity index (χ4n) is 7.69. The second-order valence-corrected chi connectivity index (χ2v) is 19.9. The highest BCUT2D eigenvalue weighted by molar-refractivity contribution is 7.47. The number of phosphoric acid groups is 1. The fourth-order valence-corrected chi connectivity index (χ4v) is 8.47. The molecule has 0 aromatic rings. The van der Waals surface area contributed by atoms with Crippen molar-refractivity contribution in [1.29, 1.82) is 0 Å². The lowest BCUT2D eigenvalue weighted by molar-refractivity contribution is -0.161. The third-order valence-electron chi connectivity index (χ3n) is 11.9. The molecule has 0 spiro atoms. The Morgan fingerprint density at radius 2 is 0.773 bits per heavy atom. The molecule has 0 heterocycles. The number of unbranched alkanes of at least 4 members (excludes halogenated alkanes) is 30. The molecule has 11 nitrogen and oxygen atoms in total. The Hall–Kier alpha value is -2.04. The predicted molar refractivity (Wildman–Crippen MR) is 270 cm³/mol. The summed E-state index contributed by atoms with van der Waals surface area (Å²) in [6.07, 6.45) is 47.2. The fraction of sp³-hybridized carbons (Fsp3) is 0.870. The molecule has 3 atom stereocenters. The molecule has 0 rings (SSSR count). The van der Waals surface area contributed by atoms with Gasteiger partial charge in [-0.25, -0.2) is 4.57 Å². The molecule has 12 heteroatoms. The number of hydrogen-bond donors (Lipinski definition) is 2. The van der Waals surface area contributed by atoms with Gasteiger partial charge in [0.15, 0.2) is 6.10 Å². The average Bonchev–Trinajstić information content (AvgIpc) is 3.30. The van der Waals surface area contributed by atoms with Crippen molar-refractivity contribution in [3.8, 4) is 0 Å². The monoisotopic (exact) mass is 957 g/mol. The van der Waals surface area contributed by atoms with E-state index in [0.29, 0.717) is 19.3 Å². The summed E-state index contributed by atoms with van der Waals surface area (Å²) in [5.41, 5.74) is 0. The van der Waals surface area contributed by atoms with Crippen molar-refractivity contribution in [2.75, 3.05) is 26.4 Å². The van der Waals surface area contributed by atoms with Crippen LogP contribution in [0.2, 0.25) is 0 Å². The van der Waals surface area contributed by atoms with Crippen LogP contribution < -0.4 is 0 Å². The summed E-state index contributed by atoms with van der Waals surface area (Å²) in [7, 11) is -4.73. The van der Waals surface area contributed by atoms with Crippen LogP contribution in [-0.4, -0.2) is 66.5 Å². The molecular formula is C54H101O11P. The minimum atomic E-state index is -4.73. The number of carbonyl (C=O) groups is 3. The van der Waals surface area contributed by atoms with Crippen molar-refractivity contribution < 1.29 is 52.2 Å². The van der Waals surface area contributed by atoms with E-state index in [1.807, 2.05) is 0 Å². The number of rotatable bonds is 51. The molecule has 0 radical (unpaired) electrons. The van der Waals surface area contributed by atoms with Crippen LogP contribution in [0.3, 0.4) is 0 Å². The van der Waals surface area contributed by atoms with E-state index < -0.39 is 57.8 Å². The first-order chi connectivity index (χ1) is 32.2. The van der Waals surface area contributed by atoms with E-state index >= 15 is 0 Å². The topological polar surface area (TPSA) is 155 Å². The summed E-state index contributed by atoms with van der Waals surface area (Å²) in [5, 5.41) is 9.77. The maximum absolute atomic E-state index is 12.8. The maximum atomic E-state index is 12.8. The minimum Gasteiger partial charge on any atom is -0.462 e. The molecule has 0 amide bonds. The number of esters is 3. The molecule has 0 aromatic heterocycles. The number of hydrogen-bond acceptors (Lipinski definition) is 10. The highest BCUT2D eigenvalue weighted by atomic mass is 31.2. The van der Waals surface area contributed by atoms with E-state index in [0.717, 1.165) is 83.5 Å². The van der Waals surface area contributed by atoms with Crippen LogP contribution in [0.4, 0.5) is 0 Å². The van der Waals surface area contributed by atoms with Crippen LogP contribution in [0.1, 0.15) is 265 Å². The Balaban J connectivity index is 4.64. The van der Waals surface area contributed by atoms with E-state index in [9.17, 15) is 28.9 Å². The summed E-state index contributed by atoms with van der Waals surface area (Å²) >= 11 is 0. The smallest absolute Gasteiger partial charge is 0.462 e. The van der Waals surface area contributed by atoms with Crippen molar-refractivity contribution in [2.24, 2.45) is 0 Å². The zero-order valence-corrected chi connectivity index (χ0v) is 43.6. The Bertz CT molecular complexity index is 1210. The van der Waals surface area contributed by atoms with Crippen LogP contribution in [0.25, 0.3) is 0 Å². The number of ether oxygens (including phenoxy) is 3. The molecule has 388 valence electrons. The lowest BCUT2D eigenvalue weighted by Gasteiger charge is -2.21. The van der Waals surface area contributed by atoms with Crippen LogP contribution in [-0.2, 0) is 42.2 Å². The second-order valence-electron chi connectivity index (χ2n) is 18.4. The van der Waals surface area contributed by atoms with Gasteiger partial charge < -0.3 is 24.2 Å². The van der Waals surface area contributed by atoms with Gasteiger partial charge in [-0.1, -0.05) is 225 Å². The van der Waals surface area contributed by atoms with Gasteiger partial charge >= 0.3 is 25.7 Å². The quantitative estimate of drug-likeness (QED) is 0.0197. The zero-order chi connectivity index (χ0) is 48.4. The standard InChI is InChI=1S/C54H101O11P/c1-4-7-10-13-16-19-21-23-24-25-26-28-30-33-36-39-42-45-54(58)65-51(47-61-52(56)43-40-37-34-31-18-15-12-9-6-3)49-63-66(59,60)62-48-50(46-55)64-53(57)44-41-38-35-32-29-27-22-20-17-14-11-8-5-2/h11,14,20,22,50-51,55H,4-10,12-13,15-19,21,23-49H2,1-3H3,(H,59,60)/b14-11-,22-20-. The molecule has 0 aromatic carbocycles. The van der Waals surface area contributed by atoms with Gasteiger partial charge in [0.1, 0.15) is 12.7 Å². The lowest BCUT2D eigenvalue weighted by Crippen LogP contribution is -2.30. The first-order valence-electron chi connectivity index (χ1n) is 27.2. The Morgan fingerprint density at radius 1 is 0.424 bits per heavy atom. The number of allylic oxidation sites excluding steroid dienone is 4. The number of phosphoric ester groups is 1. The van der Waals surface area contributed by atoms with Crippen LogP contribution >= 0.6 is 7.82 Å². The van der Waals surface area contributed by atoms with E-state index in [1.54, 1.807) is 0 Å². The first kappa shape index (κ1) is 64.0. The van der Waals surface area contributed by atoms with Gasteiger partial charge in [0.05, 0.1) is 19.8 Å². The van der Waals surface area contributed by atoms with Crippen molar-refractivity contribution in [3.05, 3.63) is 24.3 Å². The van der Waals surface area contributed by atoms with Crippen molar-refractivity contribution in [2.45, 2.75) is 277 Å². The Kier molecular flexibility index (Phi) is 47.9. The van der Waals surface area contributed by atoms with Gasteiger partial charge in [-0.15, -0.1) is 0 Å². The summed E-state index contributed by atoms with van der Waals surface area (Å²) in [5.74, 6) is -1.46. The second kappa shape index (κ2) is 49.4. The highest BCUT2D eigenvalue weighted by Gasteiger charge is 2.28. The number of carbonyl (C=O) groups excluding carboxylic acids is 3. The van der Waals surface area contributed by atoms with Crippen LogP contribution in [0.15, 0.2) is 24.3 Å². The molecule has 66 heavy (non-hydrogen) atoms. The molecule has 2 N–H and O–H groups in total. The third kappa shape index (κ3) is 47.0. The number of aliphatic hydroxyl groups is 1. The average molecular weight is 957 g/mol. The minimum absolute atomic E-state index is 0.165.